The molecule has 1 aromatic heterocycles. The average molecular weight is 377 g/mol. The SMILES string of the molecule is CC[C@@H](C)Cn1c([C@H]2CC(=O)N(c3cccc(OC)c3)C2)nc2ccccc21. The Kier molecular flexibility index (Phi) is 5.07. The van der Waals surface area contributed by atoms with Crippen molar-refractivity contribution in [2.75, 3.05) is 18.6 Å². The van der Waals surface area contributed by atoms with E-state index in [1.165, 1.54) is 0 Å². The predicted octanol–water partition coefficient (Wildman–Crippen LogP) is 4.61. The summed E-state index contributed by atoms with van der Waals surface area (Å²) in [6.45, 7) is 6.06. The van der Waals surface area contributed by atoms with Crippen LogP contribution in [0.5, 0.6) is 5.75 Å². The molecule has 1 aliphatic rings. The Morgan fingerprint density at radius 3 is 2.82 bits per heavy atom. The van der Waals surface area contributed by atoms with Crippen LogP contribution in [0.4, 0.5) is 5.69 Å². The lowest BCUT2D eigenvalue weighted by atomic mass is 10.1. The number of fused-ring (bicyclic) bond motifs is 1. The van der Waals surface area contributed by atoms with Crippen molar-refractivity contribution >= 4 is 22.6 Å². The first kappa shape index (κ1) is 18.5. The largest absolute Gasteiger partial charge is 0.497 e. The van der Waals surface area contributed by atoms with Gasteiger partial charge in [0, 0.05) is 37.2 Å². The topological polar surface area (TPSA) is 47.4 Å². The minimum atomic E-state index is 0.0927. The molecule has 1 amide bonds. The van der Waals surface area contributed by atoms with Gasteiger partial charge in [-0.3, -0.25) is 4.79 Å². The van der Waals surface area contributed by atoms with E-state index >= 15 is 0 Å². The highest BCUT2D eigenvalue weighted by Crippen LogP contribution is 2.34. The maximum Gasteiger partial charge on any atom is 0.227 e. The quantitative estimate of drug-likeness (QED) is 0.630. The Morgan fingerprint density at radius 2 is 2.04 bits per heavy atom. The first-order valence-electron chi connectivity index (χ1n) is 10.00. The van der Waals surface area contributed by atoms with E-state index in [4.69, 9.17) is 9.72 Å². The molecular weight excluding hydrogens is 350 g/mol. The molecule has 28 heavy (non-hydrogen) atoms. The number of benzene rings is 2. The van der Waals surface area contributed by atoms with Crippen molar-refractivity contribution in [3.63, 3.8) is 0 Å². The Labute approximate surface area is 165 Å². The number of hydrogen-bond acceptors (Lipinski definition) is 3. The molecule has 0 radical (unpaired) electrons. The third-order valence-electron chi connectivity index (χ3n) is 5.73. The van der Waals surface area contributed by atoms with E-state index in [1.807, 2.05) is 35.2 Å². The Hall–Kier alpha value is -2.82. The normalized spacial score (nSPS) is 18.0. The maximum absolute atomic E-state index is 12.8. The highest BCUT2D eigenvalue weighted by Gasteiger charge is 2.35. The highest BCUT2D eigenvalue weighted by atomic mass is 16.5. The summed E-state index contributed by atoms with van der Waals surface area (Å²) in [7, 11) is 1.64. The minimum absolute atomic E-state index is 0.0927. The van der Waals surface area contributed by atoms with Gasteiger partial charge >= 0.3 is 0 Å². The second kappa shape index (κ2) is 7.66. The Bertz CT molecular complexity index is 994. The molecule has 2 aromatic carbocycles. The summed E-state index contributed by atoms with van der Waals surface area (Å²) in [5, 5.41) is 0. The predicted molar refractivity (Wildman–Crippen MR) is 112 cm³/mol. The van der Waals surface area contributed by atoms with Gasteiger partial charge in [0.25, 0.3) is 0 Å². The summed E-state index contributed by atoms with van der Waals surface area (Å²) >= 11 is 0. The average Bonchev–Trinajstić information content (AvgIpc) is 3.28. The van der Waals surface area contributed by atoms with Crippen molar-refractivity contribution in [1.29, 1.82) is 0 Å². The van der Waals surface area contributed by atoms with E-state index in [0.717, 1.165) is 41.3 Å². The van der Waals surface area contributed by atoms with Crippen LogP contribution < -0.4 is 9.64 Å². The zero-order chi connectivity index (χ0) is 19.7. The van der Waals surface area contributed by atoms with Crippen molar-refractivity contribution in [3.8, 4) is 5.75 Å². The summed E-state index contributed by atoms with van der Waals surface area (Å²) < 4.78 is 7.65. The molecule has 5 heteroatoms. The van der Waals surface area contributed by atoms with Crippen molar-refractivity contribution in [1.82, 2.24) is 9.55 Å². The Morgan fingerprint density at radius 1 is 1.21 bits per heavy atom. The van der Waals surface area contributed by atoms with E-state index in [2.05, 4.69) is 36.6 Å². The number of hydrogen-bond donors (Lipinski definition) is 0. The molecule has 4 rings (SSSR count). The van der Waals surface area contributed by atoms with Crippen LogP contribution >= 0.6 is 0 Å². The van der Waals surface area contributed by atoms with Gasteiger partial charge in [-0.05, 0) is 30.2 Å². The fourth-order valence-electron chi connectivity index (χ4n) is 3.95. The van der Waals surface area contributed by atoms with Crippen LogP contribution in [0, 0.1) is 5.92 Å². The van der Waals surface area contributed by atoms with Crippen LogP contribution in [-0.4, -0.2) is 29.1 Å². The van der Waals surface area contributed by atoms with Gasteiger partial charge in [-0.15, -0.1) is 0 Å². The monoisotopic (exact) mass is 377 g/mol. The molecule has 0 unspecified atom stereocenters. The van der Waals surface area contributed by atoms with Crippen LogP contribution in [0.3, 0.4) is 0 Å². The zero-order valence-corrected chi connectivity index (χ0v) is 16.8. The second-order valence-corrected chi connectivity index (χ2v) is 7.69. The van der Waals surface area contributed by atoms with Crippen LogP contribution in [0.25, 0.3) is 11.0 Å². The number of ether oxygens (including phenoxy) is 1. The number of methoxy groups -OCH3 is 1. The molecule has 0 spiro atoms. The number of carbonyl (C=O) groups excluding carboxylic acids is 1. The van der Waals surface area contributed by atoms with Gasteiger partial charge in [0.1, 0.15) is 11.6 Å². The van der Waals surface area contributed by atoms with E-state index in [9.17, 15) is 4.79 Å². The number of para-hydroxylation sites is 2. The number of rotatable bonds is 6. The maximum atomic E-state index is 12.8. The van der Waals surface area contributed by atoms with Crippen molar-refractivity contribution in [2.45, 2.75) is 39.2 Å². The minimum Gasteiger partial charge on any atom is -0.497 e. The third-order valence-corrected chi connectivity index (χ3v) is 5.73. The van der Waals surface area contributed by atoms with Crippen molar-refractivity contribution < 1.29 is 9.53 Å². The first-order valence-corrected chi connectivity index (χ1v) is 10.00. The molecule has 146 valence electrons. The van der Waals surface area contributed by atoms with E-state index in [-0.39, 0.29) is 11.8 Å². The molecule has 0 bridgehead atoms. The molecular formula is C23H27N3O2. The molecule has 0 N–H and O–H groups in total. The molecule has 1 aliphatic heterocycles. The summed E-state index contributed by atoms with van der Waals surface area (Å²) in [6, 6.07) is 16.0. The highest BCUT2D eigenvalue weighted by molar-refractivity contribution is 5.96. The Balaban J connectivity index is 1.68. The van der Waals surface area contributed by atoms with Crippen LogP contribution in [0.2, 0.25) is 0 Å². The summed E-state index contributed by atoms with van der Waals surface area (Å²) in [5.41, 5.74) is 3.05. The number of nitrogens with zero attached hydrogens (tertiary/aromatic N) is 3. The smallest absolute Gasteiger partial charge is 0.227 e. The van der Waals surface area contributed by atoms with Gasteiger partial charge in [-0.25, -0.2) is 4.98 Å². The van der Waals surface area contributed by atoms with Gasteiger partial charge < -0.3 is 14.2 Å². The first-order chi connectivity index (χ1) is 13.6. The number of amides is 1. The molecule has 3 aromatic rings. The third kappa shape index (κ3) is 3.37. The standard InChI is InChI=1S/C23H27N3O2/c1-4-16(2)14-26-21-11-6-5-10-20(21)24-23(26)17-12-22(27)25(15-17)18-8-7-9-19(13-18)28-3/h5-11,13,16-17H,4,12,14-15H2,1-3H3/t16-,17+/m1/s1. The molecule has 1 saturated heterocycles. The lowest BCUT2D eigenvalue weighted by molar-refractivity contribution is -0.117. The van der Waals surface area contributed by atoms with Crippen molar-refractivity contribution in [2.24, 2.45) is 5.92 Å². The molecule has 2 heterocycles. The number of carbonyl (C=O) groups is 1. The lowest BCUT2D eigenvalue weighted by Gasteiger charge is -2.19. The van der Waals surface area contributed by atoms with E-state index < -0.39 is 0 Å². The number of aromatic nitrogens is 2. The van der Waals surface area contributed by atoms with Crippen LogP contribution in [0.1, 0.15) is 38.4 Å². The molecule has 1 fully saturated rings. The molecule has 0 saturated carbocycles. The number of imidazole rings is 1. The number of anilines is 1. The van der Waals surface area contributed by atoms with E-state index in [0.29, 0.717) is 18.9 Å². The zero-order valence-electron chi connectivity index (χ0n) is 16.8. The van der Waals surface area contributed by atoms with Gasteiger partial charge in [0.15, 0.2) is 0 Å². The fourth-order valence-corrected chi connectivity index (χ4v) is 3.95. The van der Waals surface area contributed by atoms with Gasteiger partial charge in [0.2, 0.25) is 5.91 Å². The fraction of sp³-hybridized carbons (Fsp3) is 0.391. The van der Waals surface area contributed by atoms with E-state index in [1.54, 1.807) is 7.11 Å². The summed E-state index contributed by atoms with van der Waals surface area (Å²) in [4.78, 5) is 19.6. The summed E-state index contributed by atoms with van der Waals surface area (Å²) in [5.74, 6) is 2.58. The second-order valence-electron chi connectivity index (χ2n) is 7.69. The molecule has 5 nitrogen and oxygen atoms in total. The van der Waals surface area contributed by atoms with Gasteiger partial charge in [-0.1, -0.05) is 38.5 Å². The molecule has 0 aliphatic carbocycles. The van der Waals surface area contributed by atoms with Crippen molar-refractivity contribution in [3.05, 3.63) is 54.4 Å². The lowest BCUT2D eigenvalue weighted by Crippen LogP contribution is -2.24. The summed E-state index contributed by atoms with van der Waals surface area (Å²) in [6.07, 6.45) is 1.60. The van der Waals surface area contributed by atoms with Crippen LogP contribution in [-0.2, 0) is 11.3 Å². The van der Waals surface area contributed by atoms with Gasteiger partial charge in [-0.2, -0.15) is 0 Å². The molecule has 2 atom stereocenters. The van der Waals surface area contributed by atoms with Gasteiger partial charge in [0.05, 0.1) is 18.1 Å². The van der Waals surface area contributed by atoms with Crippen LogP contribution in [0.15, 0.2) is 48.5 Å².